The third-order valence-electron chi connectivity index (χ3n) is 4.95. The molecule has 0 unspecified atom stereocenters. The number of hydrogen-bond acceptors (Lipinski definition) is 6. The summed E-state index contributed by atoms with van der Waals surface area (Å²) in [6.07, 6.45) is 0. The third-order valence-corrected chi connectivity index (χ3v) is 7.32. The average Bonchev–Trinajstić information content (AvgIpc) is 3.30. The first kappa shape index (κ1) is 22.0. The maximum Gasteiger partial charge on any atom is 0.235 e. The van der Waals surface area contributed by atoms with Crippen LogP contribution >= 0.6 is 35.3 Å². The average molecular weight is 478 g/mol. The second-order valence-electron chi connectivity index (χ2n) is 6.93. The first-order chi connectivity index (χ1) is 15.5. The summed E-state index contributed by atoms with van der Waals surface area (Å²) >= 11 is 8.11. The number of anilines is 1. The van der Waals surface area contributed by atoms with Gasteiger partial charge in [-0.25, -0.2) is 4.68 Å². The molecule has 9 heteroatoms. The van der Waals surface area contributed by atoms with Crippen LogP contribution in [-0.2, 0) is 4.79 Å². The fourth-order valence-electron chi connectivity index (χ4n) is 3.31. The van der Waals surface area contributed by atoms with E-state index in [1.54, 1.807) is 4.68 Å². The zero-order valence-corrected chi connectivity index (χ0v) is 19.9. The van der Waals surface area contributed by atoms with Crippen LogP contribution in [0.4, 0.5) is 5.82 Å². The van der Waals surface area contributed by atoms with Gasteiger partial charge < -0.3 is 5.32 Å². The third kappa shape index (κ3) is 4.39. The Balaban J connectivity index is 1.54. The number of nitriles is 1. The highest BCUT2D eigenvalue weighted by molar-refractivity contribution is 8.01. The minimum absolute atomic E-state index is 0.153. The van der Waals surface area contributed by atoms with E-state index in [0.717, 1.165) is 22.6 Å². The number of nitrogens with one attached hydrogen (secondary N) is 1. The molecule has 160 valence electrons. The molecule has 2 aromatic carbocycles. The van der Waals surface area contributed by atoms with Gasteiger partial charge in [0.05, 0.1) is 17.0 Å². The van der Waals surface area contributed by atoms with Crippen molar-refractivity contribution in [2.45, 2.75) is 18.2 Å². The van der Waals surface area contributed by atoms with Crippen LogP contribution < -0.4 is 5.32 Å². The van der Waals surface area contributed by atoms with Gasteiger partial charge in [-0.15, -0.1) is 5.10 Å². The molecule has 1 amide bonds. The van der Waals surface area contributed by atoms with Crippen LogP contribution in [0.25, 0.3) is 11.4 Å². The highest BCUT2D eigenvalue weighted by Crippen LogP contribution is 2.30. The smallest absolute Gasteiger partial charge is 0.235 e. The summed E-state index contributed by atoms with van der Waals surface area (Å²) in [7, 11) is 0. The quantitative estimate of drug-likeness (QED) is 0.286. The van der Waals surface area contributed by atoms with Gasteiger partial charge in [0.15, 0.2) is 8.29 Å². The van der Waals surface area contributed by atoms with E-state index in [1.165, 1.54) is 23.1 Å². The van der Waals surface area contributed by atoms with E-state index in [1.807, 2.05) is 79.1 Å². The predicted molar refractivity (Wildman–Crippen MR) is 132 cm³/mol. The van der Waals surface area contributed by atoms with E-state index >= 15 is 0 Å². The second kappa shape index (κ2) is 9.53. The van der Waals surface area contributed by atoms with Crippen molar-refractivity contribution in [3.8, 4) is 17.4 Å². The van der Waals surface area contributed by atoms with E-state index in [-0.39, 0.29) is 11.7 Å². The Labute approximate surface area is 199 Å². The minimum atomic E-state index is -0.214. The van der Waals surface area contributed by atoms with E-state index in [0.29, 0.717) is 19.7 Å². The Morgan fingerprint density at radius 3 is 2.38 bits per heavy atom. The van der Waals surface area contributed by atoms with Gasteiger partial charge in [-0.05, 0) is 55.9 Å². The molecule has 2 aromatic heterocycles. The predicted octanol–water partition coefficient (Wildman–Crippen LogP) is 5.67. The number of benzene rings is 2. The number of nitrogens with zero attached hydrogens (tertiary/aromatic N) is 4. The molecule has 4 rings (SSSR count). The van der Waals surface area contributed by atoms with Crippen molar-refractivity contribution in [3.05, 3.63) is 81.4 Å². The molecule has 4 aromatic rings. The summed E-state index contributed by atoms with van der Waals surface area (Å²) in [5, 5.41) is 17.2. The highest BCUT2D eigenvalue weighted by Gasteiger charge is 2.21. The Hall–Kier alpha value is -3.19. The molecule has 0 radical (unpaired) electrons. The van der Waals surface area contributed by atoms with E-state index in [2.05, 4.69) is 16.5 Å². The molecular weight excluding hydrogens is 458 g/mol. The molecule has 1 N–H and O–H groups in total. The molecule has 6 nitrogen and oxygen atoms in total. The summed E-state index contributed by atoms with van der Waals surface area (Å²) in [4.78, 5) is 12.8. The van der Waals surface area contributed by atoms with Gasteiger partial charge in [-0.1, -0.05) is 59.5 Å². The normalized spacial score (nSPS) is 10.7. The summed E-state index contributed by atoms with van der Waals surface area (Å²) in [6.45, 7) is 3.83. The van der Waals surface area contributed by atoms with Crippen molar-refractivity contribution in [3.63, 3.8) is 0 Å². The Morgan fingerprint density at radius 1 is 1.12 bits per heavy atom. The molecule has 0 saturated heterocycles. The van der Waals surface area contributed by atoms with Gasteiger partial charge in [0.25, 0.3) is 0 Å². The molecule has 2 heterocycles. The molecule has 0 atom stereocenters. The SMILES string of the molecule is Cc1c(C#N)c(NC(=O)CSc2nn(-c3ccccc3)c(=S)s2)n(-c2ccccc2)c1C. The number of amides is 1. The van der Waals surface area contributed by atoms with Crippen LogP contribution in [-0.4, -0.2) is 26.0 Å². The largest absolute Gasteiger partial charge is 0.310 e. The van der Waals surface area contributed by atoms with Gasteiger partial charge in [0.2, 0.25) is 5.91 Å². The van der Waals surface area contributed by atoms with Crippen LogP contribution in [0.15, 0.2) is 65.0 Å². The van der Waals surface area contributed by atoms with Crippen LogP contribution in [0.5, 0.6) is 0 Å². The number of carbonyl (C=O) groups excluding carboxylic acids is 1. The lowest BCUT2D eigenvalue weighted by Gasteiger charge is -2.13. The van der Waals surface area contributed by atoms with Crippen LogP contribution in [0.1, 0.15) is 16.8 Å². The van der Waals surface area contributed by atoms with Crippen molar-refractivity contribution >= 4 is 47.0 Å². The maximum atomic E-state index is 12.8. The van der Waals surface area contributed by atoms with Gasteiger partial charge in [-0.2, -0.15) is 5.26 Å². The summed E-state index contributed by atoms with van der Waals surface area (Å²) in [5.41, 5.74) is 4.00. The number of thioether (sulfide) groups is 1. The molecule has 0 aliphatic rings. The molecule has 0 saturated carbocycles. The van der Waals surface area contributed by atoms with Gasteiger partial charge in [0, 0.05) is 11.4 Å². The molecule has 0 spiro atoms. The first-order valence-electron chi connectivity index (χ1n) is 9.75. The van der Waals surface area contributed by atoms with E-state index < -0.39 is 0 Å². The number of para-hydroxylation sites is 2. The molecule has 0 aliphatic carbocycles. The summed E-state index contributed by atoms with van der Waals surface area (Å²) in [5.74, 6) is 0.426. The van der Waals surface area contributed by atoms with Crippen molar-refractivity contribution in [2.75, 3.05) is 11.1 Å². The standard InChI is InChI=1S/C23H19N5OS3/c1-15-16(2)27(17-9-5-3-6-10-17)21(19(15)13-24)25-20(29)14-31-22-26-28(23(30)32-22)18-11-7-4-8-12-18/h3-12H,14H2,1-2H3,(H,25,29). The minimum Gasteiger partial charge on any atom is -0.310 e. The van der Waals surface area contributed by atoms with Crippen molar-refractivity contribution in [1.29, 1.82) is 5.26 Å². The van der Waals surface area contributed by atoms with Crippen molar-refractivity contribution in [2.24, 2.45) is 0 Å². The molecular formula is C23H19N5OS3. The highest BCUT2D eigenvalue weighted by atomic mass is 32.2. The molecule has 32 heavy (non-hydrogen) atoms. The van der Waals surface area contributed by atoms with Crippen molar-refractivity contribution < 1.29 is 4.79 Å². The van der Waals surface area contributed by atoms with Crippen LogP contribution in [0.2, 0.25) is 0 Å². The second-order valence-corrected chi connectivity index (χ2v) is 9.78. The monoisotopic (exact) mass is 477 g/mol. The molecule has 0 bridgehead atoms. The number of carbonyl (C=O) groups is 1. The van der Waals surface area contributed by atoms with Crippen LogP contribution in [0, 0.1) is 29.1 Å². The van der Waals surface area contributed by atoms with Gasteiger partial charge in [0.1, 0.15) is 11.9 Å². The Bertz CT molecular complexity index is 1360. The van der Waals surface area contributed by atoms with E-state index in [4.69, 9.17) is 12.2 Å². The zero-order chi connectivity index (χ0) is 22.7. The summed E-state index contributed by atoms with van der Waals surface area (Å²) in [6, 6.07) is 21.6. The number of aromatic nitrogens is 3. The topological polar surface area (TPSA) is 75.6 Å². The zero-order valence-electron chi connectivity index (χ0n) is 17.4. The number of rotatable bonds is 6. The molecule has 0 fully saturated rings. The van der Waals surface area contributed by atoms with Gasteiger partial charge in [-0.3, -0.25) is 9.36 Å². The summed E-state index contributed by atoms with van der Waals surface area (Å²) < 4.78 is 4.93. The van der Waals surface area contributed by atoms with Crippen molar-refractivity contribution in [1.82, 2.24) is 14.3 Å². The Morgan fingerprint density at radius 2 is 1.75 bits per heavy atom. The van der Waals surface area contributed by atoms with Crippen LogP contribution in [0.3, 0.4) is 0 Å². The maximum absolute atomic E-state index is 12.8. The van der Waals surface area contributed by atoms with E-state index in [9.17, 15) is 10.1 Å². The lowest BCUT2D eigenvalue weighted by atomic mass is 10.2. The molecule has 0 aliphatic heterocycles. The van der Waals surface area contributed by atoms with Gasteiger partial charge >= 0.3 is 0 Å². The number of hydrogen-bond donors (Lipinski definition) is 1. The fourth-order valence-corrected chi connectivity index (χ4v) is 5.47. The lowest BCUT2D eigenvalue weighted by molar-refractivity contribution is -0.113. The lowest BCUT2D eigenvalue weighted by Crippen LogP contribution is -2.17. The Kier molecular flexibility index (Phi) is 6.55. The fraction of sp³-hybridized carbons (Fsp3) is 0.130. The first-order valence-corrected chi connectivity index (χ1v) is 12.0.